The summed E-state index contributed by atoms with van der Waals surface area (Å²) in [4.78, 5) is 6.61. The van der Waals surface area contributed by atoms with E-state index >= 15 is 0 Å². The molecule has 6 heteroatoms. The summed E-state index contributed by atoms with van der Waals surface area (Å²) in [6.07, 6.45) is 0.404. The van der Waals surface area contributed by atoms with Gasteiger partial charge in [-0.3, -0.25) is 4.90 Å². The zero-order chi connectivity index (χ0) is 14.8. The van der Waals surface area contributed by atoms with Gasteiger partial charge < -0.3 is 9.26 Å². The quantitative estimate of drug-likeness (QED) is 0.869. The van der Waals surface area contributed by atoms with Gasteiger partial charge in [0.1, 0.15) is 5.82 Å². The van der Waals surface area contributed by atoms with E-state index in [9.17, 15) is 4.39 Å². The number of rotatable bonds is 3. The fourth-order valence-corrected chi connectivity index (χ4v) is 2.64. The Labute approximate surface area is 122 Å². The number of aromatic nitrogens is 2. The van der Waals surface area contributed by atoms with Gasteiger partial charge in [0.2, 0.25) is 11.7 Å². The lowest BCUT2D eigenvalue weighted by molar-refractivity contribution is -0.0725. The average molecular weight is 291 g/mol. The van der Waals surface area contributed by atoms with Crippen molar-refractivity contribution in [2.24, 2.45) is 0 Å². The smallest absolute Gasteiger partial charge is 0.241 e. The number of halogens is 1. The highest BCUT2D eigenvalue weighted by molar-refractivity contribution is 5.53. The Morgan fingerprint density at radius 1 is 1.19 bits per heavy atom. The largest absolute Gasteiger partial charge is 0.373 e. The Bertz CT molecular complexity index is 589. The molecule has 5 nitrogen and oxygen atoms in total. The first-order valence-corrected chi connectivity index (χ1v) is 7.06. The van der Waals surface area contributed by atoms with E-state index in [0.717, 1.165) is 18.7 Å². The van der Waals surface area contributed by atoms with Crippen LogP contribution in [0.4, 0.5) is 4.39 Å². The van der Waals surface area contributed by atoms with E-state index in [1.165, 1.54) is 12.1 Å². The summed E-state index contributed by atoms with van der Waals surface area (Å²) >= 11 is 0. The van der Waals surface area contributed by atoms with Gasteiger partial charge in [-0.15, -0.1) is 0 Å². The molecular formula is C15H18FN3O2. The van der Waals surface area contributed by atoms with Crippen LogP contribution in [0.5, 0.6) is 0 Å². The van der Waals surface area contributed by atoms with E-state index in [1.807, 2.05) is 0 Å². The fourth-order valence-electron chi connectivity index (χ4n) is 2.64. The molecule has 1 aromatic carbocycles. The molecule has 2 heterocycles. The minimum absolute atomic E-state index is 0.202. The van der Waals surface area contributed by atoms with Crippen LogP contribution in [0.2, 0.25) is 0 Å². The van der Waals surface area contributed by atoms with Crippen molar-refractivity contribution in [3.63, 3.8) is 0 Å². The summed E-state index contributed by atoms with van der Waals surface area (Å²) in [6.45, 7) is 6.41. The molecule has 1 aromatic heterocycles. The number of hydrogen-bond acceptors (Lipinski definition) is 5. The summed E-state index contributed by atoms with van der Waals surface area (Å²) in [5.74, 6) is 0.772. The van der Waals surface area contributed by atoms with Gasteiger partial charge in [-0.2, -0.15) is 4.98 Å². The molecule has 0 N–H and O–H groups in total. The van der Waals surface area contributed by atoms with Crippen molar-refractivity contribution in [1.29, 1.82) is 0 Å². The fraction of sp³-hybridized carbons (Fsp3) is 0.467. The maximum atomic E-state index is 12.9. The standard InChI is InChI=1S/C15H18FN3O2/c1-10-7-19(8-11(2)20-10)9-14-17-15(18-21-14)12-3-5-13(16)6-4-12/h3-6,10-11H,7-9H2,1-2H3/t10-,11-/m1/s1. The molecule has 0 saturated carbocycles. The Balaban J connectivity index is 1.69. The Morgan fingerprint density at radius 3 is 2.52 bits per heavy atom. The second-order valence-electron chi connectivity index (χ2n) is 5.47. The van der Waals surface area contributed by atoms with Crippen LogP contribution in [0.1, 0.15) is 19.7 Å². The minimum atomic E-state index is -0.279. The molecule has 1 saturated heterocycles. The molecule has 0 aliphatic carbocycles. The van der Waals surface area contributed by atoms with E-state index in [0.29, 0.717) is 18.3 Å². The van der Waals surface area contributed by atoms with Crippen molar-refractivity contribution in [3.8, 4) is 11.4 Å². The van der Waals surface area contributed by atoms with E-state index in [4.69, 9.17) is 9.26 Å². The average Bonchev–Trinajstić information content (AvgIpc) is 2.87. The zero-order valence-corrected chi connectivity index (χ0v) is 12.1. The van der Waals surface area contributed by atoms with Gasteiger partial charge in [-0.25, -0.2) is 4.39 Å². The highest BCUT2D eigenvalue weighted by Gasteiger charge is 2.23. The first-order chi connectivity index (χ1) is 10.1. The van der Waals surface area contributed by atoms with Crippen LogP contribution < -0.4 is 0 Å². The maximum Gasteiger partial charge on any atom is 0.241 e. The first-order valence-electron chi connectivity index (χ1n) is 7.06. The summed E-state index contributed by atoms with van der Waals surface area (Å²) in [5.41, 5.74) is 0.745. The molecule has 112 valence electrons. The van der Waals surface area contributed by atoms with E-state index in [-0.39, 0.29) is 18.0 Å². The minimum Gasteiger partial charge on any atom is -0.373 e. The van der Waals surface area contributed by atoms with Crippen molar-refractivity contribution in [2.75, 3.05) is 13.1 Å². The van der Waals surface area contributed by atoms with E-state index in [1.54, 1.807) is 12.1 Å². The molecule has 1 aliphatic heterocycles. The van der Waals surface area contributed by atoms with Gasteiger partial charge >= 0.3 is 0 Å². The van der Waals surface area contributed by atoms with Crippen LogP contribution in [0, 0.1) is 5.82 Å². The first kappa shape index (κ1) is 14.2. The molecule has 21 heavy (non-hydrogen) atoms. The summed E-state index contributed by atoms with van der Waals surface area (Å²) < 4.78 is 23.9. The SMILES string of the molecule is C[C@@H]1CN(Cc2nc(-c3ccc(F)cc3)no2)C[C@@H](C)O1. The molecule has 3 rings (SSSR count). The summed E-state index contributed by atoms with van der Waals surface area (Å²) in [6, 6.07) is 6.05. The van der Waals surface area contributed by atoms with E-state index < -0.39 is 0 Å². The van der Waals surface area contributed by atoms with Crippen LogP contribution >= 0.6 is 0 Å². The van der Waals surface area contributed by atoms with Crippen molar-refractivity contribution < 1.29 is 13.7 Å². The van der Waals surface area contributed by atoms with Crippen molar-refractivity contribution >= 4 is 0 Å². The predicted molar refractivity (Wildman–Crippen MR) is 75.0 cm³/mol. The highest BCUT2D eigenvalue weighted by Crippen LogP contribution is 2.18. The van der Waals surface area contributed by atoms with Crippen LogP contribution in [0.3, 0.4) is 0 Å². The molecule has 0 bridgehead atoms. The van der Waals surface area contributed by atoms with Gasteiger partial charge in [0.05, 0.1) is 18.8 Å². The molecule has 1 fully saturated rings. The van der Waals surface area contributed by atoms with Crippen LogP contribution in [-0.2, 0) is 11.3 Å². The number of benzene rings is 1. The van der Waals surface area contributed by atoms with E-state index in [2.05, 4.69) is 28.9 Å². The van der Waals surface area contributed by atoms with Crippen LogP contribution in [0.25, 0.3) is 11.4 Å². The molecular weight excluding hydrogens is 273 g/mol. The summed E-state index contributed by atoms with van der Waals surface area (Å²) in [7, 11) is 0. The van der Waals surface area contributed by atoms with Crippen molar-refractivity contribution in [2.45, 2.75) is 32.6 Å². The molecule has 0 unspecified atom stereocenters. The maximum absolute atomic E-state index is 12.9. The highest BCUT2D eigenvalue weighted by atomic mass is 19.1. The molecule has 1 aliphatic rings. The monoisotopic (exact) mass is 291 g/mol. The van der Waals surface area contributed by atoms with Gasteiger partial charge in [0, 0.05) is 18.7 Å². The Morgan fingerprint density at radius 2 is 1.86 bits per heavy atom. The number of hydrogen-bond donors (Lipinski definition) is 0. The topological polar surface area (TPSA) is 51.4 Å². The van der Waals surface area contributed by atoms with Crippen molar-refractivity contribution in [3.05, 3.63) is 36.0 Å². The van der Waals surface area contributed by atoms with Crippen molar-refractivity contribution in [1.82, 2.24) is 15.0 Å². The number of morpholine rings is 1. The van der Waals surface area contributed by atoms with Gasteiger partial charge in [-0.05, 0) is 38.1 Å². The predicted octanol–water partition coefficient (Wildman–Crippen LogP) is 2.48. The lowest BCUT2D eigenvalue weighted by atomic mass is 10.2. The molecule has 0 amide bonds. The number of nitrogens with zero attached hydrogens (tertiary/aromatic N) is 3. The summed E-state index contributed by atoms with van der Waals surface area (Å²) in [5, 5.41) is 3.95. The third-order valence-electron chi connectivity index (χ3n) is 3.42. The molecule has 2 atom stereocenters. The second-order valence-corrected chi connectivity index (χ2v) is 5.47. The second kappa shape index (κ2) is 5.91. The van der Waals surface area contributed by atoms with Crippen LogP contribution in [-0.4, -0.2) is 40.3 Å². The van der Waals surface area contributed by atoms with Gasteiger partial charge in [0.25, 0.3) is 0 Å². The molecule has 0 radical (unpaired) electrons. The Hall–Kier alpha value is -1.79. The molecule has 2 aromatic rings. The normalized spacial score (nSPS) is 23.4. The molecule has 0 spiro atoms. The lowest BCUT2D eigenvalue weighted by Crippen LogP contribution is -2.44. The third-order valence-corrected chi connectivity index (χ3v) is 3.42. The Kier molecular flexibility index (Phi) is 3.98. The lowest BCUT2D eigenvalue weighted by Gasteiger charge is -2.34. The van der Waals surface area contributed by atoms with Gasteiger partial charge in [-0.1, -0.05) is 5.16 Å². The third kappa shape index (κ3) is 3.46. The van der Waals surface area contributed by atoms with Gasteiger partial charge in [0.15, 0.2) is 0 Å². The van der Waals surface area contributed by atoms with Crippen LogP contribution in [0.15, 0.2) is 28.8 Å². The number of ether oxygens (including phenoxy) is 1. The zero-order valence-electron chi connectivity index (χ0n) is 12.1.